The largest absolute Gasteiger partial charge is 0.407 e. The third-order valence-corrected chi connectivity index (χ3v) is 7.74. The third kappa shape index (κ3) is 5.29. The number of carbonyl (C=O) groups is 2. The molecule has 4 aliphatic rings. The molecule has 4 heterocycles. The van der Waals surface area contributed by atoms with Gasteiger partial charge in [-0.05, 0) is 38.5 Å². The first kappa shape index (κ1) is 26.6. The highest BCUT2D eigenvalue weighted by atomic mass is 19.4. The molecule has 1 fully saturated rings. The van der Waals surface area contributed by atoms with E-state index in [9.17, 15) is 22.8 Å². The van der Waals surface area contributed by atoms with E-state index in [-0.39, 0.29) is 42.2 Å². The molecule has 11 heteroatoms. The molecule has 0 spiro atoms. The van der Waals surface area contributed by atoms with Crippen LogP contribution in [0, 0.1) is 29.6 Å². The minimum Gasteiger partial charge on any atom is -0.356 e. The van der Waals surface area contributed by atoms with Crippen molar-refractivity contribution in [1.29, 1.82) is 0 Å². The summed E-state index contributed by atoms with van der Waals surface area (Å²) in [4.78, 5) is 37.5. The van der Waals surface area contributed by atoms with Gasteiger partial charge in [0.1, 0.15) is 6.54 Å². The van der Waals surface area contributed by atoms with Gasteiger partial charge in [0.15, 0.2) is 0 Å². The van der Waals surface area contributed by atoms with Crippen LogP contribution in [0.2, 0.25) is 0 Å². The fourth-order valence-electron chi connectivity index (χ4n) is 6.02. The van der Waals surface area contributed by atoms with E-state index in [0.717, 1.165) is 10.7 Å². The number of nitrogens with zero attached hydrogens (tertiary/aromatic N) is 5. The van der Waals surface area contributed by atoms with Crippen LogP contribution in [-0.2, 0) is 9.59 Å². The summed E-state index contributed by atoms with van der Waals surface area (Å²) in [5, 5.41) is 7.90. The van der Waals surface area contributed by atoms with Crippen molar-refractivity contribution in [1.82, 2.24) is 15.2 Å². The SMILES string of the molecule is CC(C)CNC(=O)C1CN=CC(C2CC(C)C3C(=O)N(C4C=NN(CC(F)(F)F)C4)C(C)(C)C3=N2)C1. The maximum absolute atomic E-state index is 13.6. The van der Waals surface area contributed by atoms with Gasteiger partial charge in [0.25, 0.3) is 0 Å². The predicted octanol–water partition coefficient (Wildman–Crippen LogP) is 2.78. The van der Waals surface area contributed by atoms with Crippen molar-refractivity contribution in [3.05, 3.63) is 0 Å². The van der Waals surface area contributed by atoms with E-state index in [1.807, 2.05) is 27.0 Å². The highest BCUT2D eigenvalue weighted by Crippen LogP contribution is 2.44. The summed E-state index contributed by atoms with van der Waals surface area (Å²) in [6.45, 7) is 9.93. The molecular formula is C25H37F3N6O2. The summed E-state index contributed by atoms with van der Waals surface area (Å²) in [6.07, 6.45) is 0.348. The summed E-state index contributed by atoms with van der Waals surface area (Å²) in [5.74, 6) is -0.283. The Balaban J connectivity index is 1.50. The minimum absolute atomic E-state index is 0.000257. The van der Waals surface area contributed by atoms with Crippen LogP contribution in [0.5, 0.6) is 0 Å². The molecule has 200 valence electrons. The monoisotopic (exact) mass is 510 g/mol. The fourth-order valence-corrected chi connectivity index (χ4v) is 6.02. The average Bonchev–Trinajstić information content (AvgIpc) is 3.30. The van der Waals surface area contributed by atoms with Gasteiger partial charge in [-0.1, -0.05) is 20.8 Å². The standard InChI is InChI=1S/C25H37F3N6O2/c1-14(2)8-30-22(35)17-7-16(9-29-10-17)19-6-15(3)20-21(32-19)24(4,5)34(23(20)36)18-11-31-33(12-18)13-25(26,27)28/h9,11,14-20H,6-8,10,12-13H2,1-5H3,(H,30,35). The van der Waals surface area contributed by atoms with Crippen LogP contribution in [0.3, 0.4) is 0 Å². The topological polar surface area (TPSA) is 89.7 Å². The van der Waals surface area contributed by atoms with Crippen LogP contribution in [0.1, 0.15) is 47.5 Å². The highest BCUT2D eigenvalue weighted by molar-refractivity contribution is 6.16. The number of amides is 2. The van der Waals surface area contributed by atoms with Gasteiger partial charge in [-0.15, -0.1) is 0 Å². The Kier molecular flexibility index (Phi) is 7.22. The molecule has 1 saturated heterocycles. The number of hydrogen-bond donors (Lipinski definition) is 1. The number of nitrogens with one attached hydrogen (secondary N) is 1. The zero-order chi connectivity index (χ0) is 26.4. The predicted molar refractivity (Wildman–Crippen MR) is 132 cm³/mol. The molecule has 4 aliphatic heterocycles. The quantitative estimate of drug-likeness (QED) is 0.596. The van der Waals surface area contributed by atoms with Crippen molar-refractivity contribution in [2.45, 2.75) is 71.3 Å². The van der Waals surface area contributed by atoms with E-state index in [1.54, 1.807) is 4.90 Å². The van der Waals surface area contributed by atoms with E-state index in [1.165, 1.54) is 6.21 Å². The molecule has 2 amide bonds. The van der Waals surface area contributed by atoms with Gasteiger partial charge < -0.3 is 10.2 Å². The van der Waals surface area contributed by atoms with Crippen LogP contribution >= 0.6 is 0 Å². The number of likely N-dealkylation sites (tertiary alicyclic amines) is 1. The van der Waals surface area contributed by atoms with Gasteiger partial charge in [-0.25, -0.2) is 0 Å². The normalized spacial score (nSPS) is 33.8. The van der Waals surface area contributed by atoms with Gasteiger partial charge in [-0.3, -0.25) is 24.6 Å². The van der Waals surface area contributed by atoms with E-state index < -0.39 is 30.2 Å². The molecule has 6 unspecified atom stereocenters. The number of fused-ring (bicyclic) bond motifs is 1. The van der Waals surface area contributed by atoms with Crippen LogP contribution in [0.25, 0.3) is 0 Å². The molecule has 0 aliphatic carbocycles. The van der Waals surface area contributed by atoms with Gasteiger partial charge in [-0.2, -0.15) is 18.3 Å². The molecule has 0 saturated carbocycles. The lowest BCUT2D eigenvalue weighted by Gasteiger charge is -2.38. The molecular weight excluding hydrogens is 473 g/mol. The first-order valence-corrected chi connectivity index (χ1v) is 12.8. The third-order valence-electron chi connectivity index (χ3n) is 7.74. The van der Waals surface area contributed by atoms with Crippen molar-refractivity contribution in [3.63, 3.8) is 0 Å². The van der Waals surface area contributed by atoms with Crippen LogP contribution in [0.4, 0.5) is 13.2 Å². The first-order valence-electron chi connectivity index (χ1n) is 12.8. The Morgan fingerprint density at radius 3 is 2.64 bits per heavy atom. The number of rotatable bonds is 6. The number of aliphatic imine (C=N–C) groups is 2. The second-order valence-corrected chi connectivity index (χ2v) is 11.6. The Morgan fingerprint density at radius 1 is 1.25 bits per heavy atom. The van der Waals surface area contributed by atoms with Crippen molar-refractivity contribution >= 4 is 30.0 Å². The molecule has 1 N–H and O–H groups in total. The maximum atomic E-state index is 13.6. The molecule has 0 aromatic heterocycles. The molecule has 8 nitrogen and oxygen atoms in total. The van der Waals surface area contributed by atoms with E-state index in [2.05, 4.69) is 29.3 Å². The molecule has 6 atom stereocenters. The molecule has 36 heavy (non-hydrogen) atoms. The van der Waals surface area contributed by atoms with Crippen LogP contribution in [-0.4, -0.2) is 89.8 Å². The van der Waals surface area contributed by atoms with Crippen LogP contribution < -0.4 is 5.32 Å². The van der Waals surface area contributed by atoms with Crippen molar-refractivity contribution < 1.29 is 22.8 Å². The summed E-state index contributed by atoms with van der Waals surface area (Å²) >= 11 is 0. The van der Waals surface area contributed by atoms with Gasteiger partial charge in [0.05, 0.1) is 48.3 Å². The second kappa shape index (κ2) is 9.78. The van der Waals surface area contributed by atoms with Crippen molar-refractivity contribution in [2.24, 2.45) is 44.7 Å². The molecule has 0 aromatic carbocycles. The lowest BCUT2D eigenvalue weighted by molar-refractivity contribution is -0.146. The second-order valence-electron chi connectivity index (χ2n) is 11.6. The number of halogens is 3. The highest BCUT2D eigenvalue weighted by Gasteiger charge is 2.57. The average molecular weight is 511 g/mol. The number of hydrazone groups is 1. The van der Waals surface area contributed by atoms with Gasteiger partial charge >= 0.3 is 6.18 Å². The summed E-state index contributed by atoms with van der Waals surface area (Å²) in [5.41, 5.74) is 0.0260. The zero-order valence-electron chi connectivity index (χ0n) is 21.6. The maximum Gasteiger partial charge on any atom is 0.407 e. The fraction of sp³-hybridized carbons (Fsp3) is 0.800. The first-order chi connectivity index (χ1) is 16.8. The number of alkyl halides is 3. The lowest BCUT2D eigenvalue weighted by atomic mass is 9.75. The van der Waals surface area contributed by atoms with Crippen molar-refractivity contribution in [2.75, 3.05) is 26.2 Å². The Labute approximate surface area is 210 Å². The molecule has 0 radical (unpaired) electrons. The summed E-state index contributed by atoms with van der Waals surface area (Å²) in [6, 6.07) is -0.638. The number of carbonyl (C=O) groups excluding carboxylic acids is 2. The smallest absolute Gasteiger partial charge is 0.356 e. The molecule has 0 bridgehead atoms. The van der Waals surface area contributed by atoms with Crippen LogP contribution in [0.15, 0.2) is 15.1 Å². The van der Waals surface area contributed by atoms with E-state index in [4.69, 9.17) is 4.99 Å². The Hall–Kier alpha value is -2.46. The Bertz CT molecular complexity index is 960. The van der Waals surface area contributed by atoms with E-state index in [0.29, 0.717) is 31.8 Å². The number of hydrogen-bond acceptors (Lipinski definition) is 6. The summed E-state index contributed by atoms with van der Waals surface area (Å²) in [7, 11) is 0. The minimum atomic E-state index is -4.36. The molecule has 0 aromatic rings. The molecule has 4 rings (SSSR count). The summed E-state index contributed by atoms with van der Waals surface area (Å²) < 4.78 is 38.6. The lowest BCUT2D eigenvalue weighted by Crippen LogP contribution is -2.53. The zero-order valence-corrected chi connectivity index (χ0v) is 21.6. The van der Waals surface area contributed by atoms with Gasteiger partial charge in [0.2, 0.25) is 11.8 Å². The van der Waals surface area contributed by atoms with E-state index >= 15 is 0 Å². The van der Waals surface area contributed by atoms with Crippen molar-refractivity contribution in [3.8, 4) is 0 Å². The van der Waals surface area contributed by atoms with Gasteiger partial charge in [0, 0.05) is 24.9 Å². The Morgan fingerprint density at radius 2 is 1.97 bits per heavy atom.